The third kappa shape index (κ3) is 9.14. The summed E-state index contributed by atoms with van der Waals surface area (Å²) >= 11 is 0. The lowest BCUT2D eigenvalue weighted by atomic mass is 9.91. The van der Waals surface area contributed by atoms with Gasteiger partial charge in [0.25, 0.3) is 0 Å². The molecule has 0 aliphatic rings. The molecule has 0 atom stereocenters. The first-order valence-corrected chi connectivity index (χ1v) is 11.2. The number of hydrogen-bond acceptors (Lipinski definition) is 3. The van der Waals surface area contributed by atoms with Gasteiger partial charge in [-0.25, -0.2) is 13.1 Å². The predicted octanol–water partition coefficient (Wildman–Crippen LogP) is 2.93. The van der Waals surface area contributed by atoms with Crippen molar-refractivity contribution in [3.8, 4) is 0 Å². The molecular formula is C21H31IN4O2S. The van der Waals surface area contributed by atoms with Crippen LogP contribution in [-0.4, -0.2) is 46.8 Å². The molecule has 0 heterocycles. The lowest BCUT2D eigenvalue weighted by Gasteiger charge is -2.20. The van der Waals surface area contributed by atoms with Crippen LogP contribution in [0.5, 0.6) is 0 Å². The van der Waals surface area contributed by atoms with Crippen molar-refractivity contribution in [1.29, 1.82) is 0 Å². The Kier molecular flexibility index (Phi) is 11.9. The molecule has 0 aliphatic heterocycles. The molecule has 2 aromatic rings. The van der Waals surface area contributed by atoms with E-state index in [0.29, 0.717) is 32.0 Å². The maximum absolute atomic E-state index is 11.4. The van der Waals surface area contributed by atoms with Crippen molar-refractivity contribution in [2.75, 3.05) is 32.4 Å². The Morgan fingerprint density at radius 2 is 1.48 bits per heavy atom. The molecule has 0 amide bonds. The highest BCUT2D eigenvalue weighted by Crippen LogP contribution is 2.23. The fraction of sp³-hybridized carbons (Fsp3) is 0.381. The number of benzene rings is 2. The summed E-state index contributed by atoms with van der Waals surface area (Å²) in [6, 6.07) is 20.8. The molecule has 0 unspecified atom stereocenters. The molecule has 3 N–H and O–H groups in total. The van der Waals surface area contributed by atoms with E-state index in [1.54, 1.807) is 14.0 Å². The number of halogens is 1. The van der Waals surface area contributed by atoms with Gasteiger partial charge in [-0.05, 0) is 24.5 Å². The van der Waals surface area contributed by atoms with E-state index in [1.807, 2.05) is 12.1 Å². The fourth-order valence-electron chi connectivity index (χ4n) is 2.84. The Balaban J connectivity index is 0.00000420. The van der Waals surface area contributed by atoms with Gasteiger partial charge in [0, 0.05) is 32.6 Å². The molecular weight excluding hydrogens is 499 g/mol. The highest BCUT2D eigenvalue weighted by Gasteiger charge is 2.14. The average molecular weight is 530 g/mol. The summed E-state index contributed by atoms with van der Waals surface area (Å²) in [5.74, 6) is 1.01. The molecule has 8 heteroatoms. The second kappa shape index (κ2) is 13.6. The molecule has 29 heavy (non-hydrogen) atoms. The fourth-order valence-corrected chi connectivity index (χ4v) is 3.50. The average Bonchev–Trinajstić information content (AvgIpc) is 2.73. The third-order valence-corrected chi connectivity index (χ3v) is 5.85. The summed E-state index contributed by atoms with van der Waals surface area (Å²) < 4.78 is 25.4. The molecule has 2 rings (SSSR count). The molecule has 0 aromatic heterocycles. The Bertz CT molecular complexity index is 791. The molecule has 0 saturated heterocycles. The van der Waals surface area contributed by atoms with Crippen molar-refractivity contribution in [3.05, 3.63) is 71.8 Å². The molecule has 0 aliphatic carbocycles. The van der Waals surface area contributed by atoms with Crippen LogP contribution in [-0.2, 0) is 10.0 Å². The van der Waals surface area contributed by atoms with E-state index in [9.17, 15) is 8.42 Å². The zero-order chi connectivity index (χ0) is 20.2. The van der Waals surface area contributed by atoms with Gasteiger partial charge in [-0.1, -0.05) is 60.7 Å². The zero-order valence-corrected chi connectivity index (χ0v) is 20.1. The van der Waals surface area contributed by atoms with Crippen LogP contribution in [0.15, 0.2) is 65.7 Å². The Labute approximate surface area is 191 Å². The van der Waals surface area contributed by atoms with Crippen LogP contribution < -0.4 is 15.4 Å². The largest absolute Gasteiger partial charge is 0.356 e. The van der Waals surface area contributed by atoms with Crippen LogP contribution in [0.25, 0.3) is 0 Å². The maximum atomic E-state index is 11.4. The van der Waals surface area contributed by atoms with E-state index in [4.69, 9.17) is 0 Å². The highest BCUT2D eigenvalue weighted by atomic mass is 127. The lowest BCUT2D eigenvalue weighted by Crippen LogP contribution is -2.40. The Morgan fingerprint density at radius 1 is 0.931 bits per heavy atom. The van der Waals surface area contributed by atoms with Gasteiger partial charge in [0.1, 0.15) is 0 Å². The third-order valence-electron chi connectivity index (χ3n) is 4.45. The van der Waals surface area contributed by atoms with E-state index in [0.717, 1.165) is 0 Å². The quantitative estimate of drug-likeness (QED) is 0.191. The van der Waals surface area contributed by atoms with Gasteiger partial charge in [0.05, 0.1) is 5.75 Å². The second-order valence-corrected chi connectivity index (χ2v) is 8.50. The summed E-state index contributed by atoms with van der Waals surface area (Å²) in [6.45, 7) is 3.38. The van der Waals surface area contributed by atoms with Crippen LogP contribution in [0.3, 0.4) is 0 Å². The van der Waals surface area contributed by atoms with E-state index >= 15 is 0 Å². The minimum Gasteiger partial charge on any atom is -0.356 e. The van der Waals surface area contributed by atoms with E-state index < -0.39 is 10.0 Å². The van der Waals surface area contributed by atoms with Gasteiger partial charge in [0.2, 0.25) is 10.0 Å². The lowest BCUT2D eigenvalue weighted by molar-refractivity contribution is 0.579. The SMILES string of the molecule is CCS(=O)(=O)NCCCNC(=NC)NCC(c1ccccc1)c1ccccc1.I. The minimum atomic E-state index is -3.13. The number of rotatable bonds is 10. The molecule has 2 aromatic carbocycles. The zero-order valence-electron chi connectivity index (χ0n) is 17.0. The smallest absolute Gasteiger partial charge is 0.211 e. The van der Waals surface area contributed by atoms with Gasteiger partial charge < -0.3 is 10.6 Å². The topological polar surface area (TPSA) is 82.6 Å². The van der Waals surface area contributed by atoms with Crippen molar-refractivity contribution in [2.24, 2.45) is 4.99 Å². The normalized spacial score (nSPS) is 11.8. The summed E-state index contributed by atoms with van der Waals surface area (Å²) in [7, 11) is -1.40. The van der Waals surface area contributed by atoms with Gasteiger partial charge in [0.15, 0.2) is 5.96 Å². The molecule has 0 saturated carbocycles. The Morgan fingerprint density at radius 3 is 1.97 bits per heavy atom. The number of nitrogens with one attached hydrogen (secondary N) is 3. The number of guanidine groups is 1. The maximum Gasteiger partial charge on any atom is 0.211 e. The Hall–Kier alpha value is -1.65. The monoisotopic (exact) mass is 530 g/mol. The van der Waals surface area contributed by atoms with Crippen LogP contribution in [0.2, 0.25) is 0 Å². The van der Waals surface area contributed by atoms with Gasteiger partial charge in [-0.15, -0.1) is 24.0 Å². The molecule has 0 radical (unpaired) electrons. The molecule has 0 spiro atoms. The highest BCUT2D eigenvalue weighted by molar-refractivity contribution is 14.0. The van der Waals surface area contributed by atoms with Crippen LogP contribution in [0, 0.1) is 0 Å². The first kappa shape index (κ1) is 25.4. The van der Waals surface area contributed by atoms with Crippen molar-refractivity contribution in [1.82, 2.24) is 15.4 Å². The van der Waals surface area contributed by atoms with Gasteiger partial charge in [-0.2, -0.15) is 0 Å². The van der Waals surface area contributed by atoms with Crippen molar-refractivity contribution in [3.63, 3.8) is 0 Å². The van der Waals surface area contributed by atoms with Gasteiger partial charge >= 0.3 is 0 Å². The molecule has 0 bridgehead atoms. The summed E-state index contributed by atoms with van der Waals surface area (Å²) in [6.07, 6.45) is 0.681. The van der Waals surface area contributed by atoms with Crippen molar-refractivity contribution in [2.45, 2.75) is 19.3 Å². The summed E-state index contributed by atoms with van der Waals surface area (Å²) in [5.41, 5.74) is 2.48. The van der Waals surface area contributed by atoms with Gasteiger partial charge in [-0.3, -0.25) is 4.99 Å². The van der Waals surface area contributed by atoms with Crippen LogP contribution >= 0.6 is 24.0 Å². The predicted molar refractivity (Wildman–Crippen MR) is 132 cm³/mol. The number of nitrogens with zero attached hydrogens (tertiary/aromatic N) is 1. The molecule has 6 nitrogen and oxygen atoms in total. The minimum absolute atomic E-state index is 0. The van der Waals surface area contributed by atoms with E-state index in [1.165, 1.54) is 11.1 Å². The molecule has 0 fully saturated rings. The van der Waals surface area contributed by atoms with Crippen molar-refractivity contribution >= 4 is 40.0 Å². The first-order valence-electron chi connectivity index (χ1n) is 9.57. The van der Waals surface area contributed by atoms with Crippen LogP contribution in [0.1, 0.15) is 30.4 Å². The number of aliphatic imine (C=N–C) groups is 1. The molecule has 160 valence electrons. The summed E-state index contributed by atoms with van der Waals surface area (Å²) in [4.78, 5) is 4.27. The number of sulfonamides is 1. The van der Waals surface area contributed by atoms with E-state index in [-0.39, 0.29) is 35.6 Å². The van der Waals surface area contributed by atoms with E-state index in [2.05, 4.69) is 68.9 Å². The van der Waals surface area contributed by atoms with Crippen molar-refractivity contribution < 1.29 is 8.42 Å². The standard InChI is InChI=1S/C21H30N4O2S.HI/c1-3-28(26,27)25-16-10-15-23-21(22-2)24-17-20(18-11-6-4-7-12-18)19-13-8-5-9-14-19;/h4-9,11-14,20,25H,3,10,15-17H2,1-2H3,(H2,22,23,24);1H. The first-order chi connectivity index (χ1) is 13.6. The number of hydrogen-bond donors (Lipinski definition) is 3. The second-order valence-electron chi connectivity index (χ2n) is 6.41. The van der Waals surface area contributed by atoms with Crippen LogP contribution in [0.4, 0.5) is 0 Å². The summed E-state index contributed by atoms with van der Waals surface area (Å²) in [5, 5.41) is 6.62.